The first-order chi connectivity index (χ1) is 15.4. The van der Waals surface area contributed by atoms with E-state index in [1.807, 2.05) is 49.4 Å². The van der Waals surface area contributed by atoms with Gasteiger partial charge in [0, 0.05) is 49.4 Å². The maximum Gasteiger partial charge on any atom is 0.258 e. The Bertz CT molecular complexity index is 1180. The van der Waals surface area contributed by atoms with E-state index in [-0.39, 0.29) is 11.5 Å². The van der Waals surface area contributed by atoms with Crippen molar-refractivity contribution in [3.63, 3.8) is 0 Å². The Morgan fingerprint density at radius 1 is 1.06 bits per heavy atom. The lowest BCUT2D eigenvalue weighted by atomic mass is 10.0. The fourth-order valence-corrected chi connectivity index (χ4v) is 4.28. The Labute approximate surface area is 189 Å². The molecule has 0 radical (unpaired) electrons. The SMILES string of the molecule is CCn1c(=O)cc(N2CCOCC2)c2cc(N(C)C(=O)c3ccc(C(C)C)cc3)ccc21. The van der Waals surface area contributed by atoms with Gasteiger partial charge in [0.05, 0.1) is 24.4 Å². The summed E-state index contributed by atoms with van der Waals surface area (Å²) in [6.45, 7) is 9.61. The first-order valence-electron chi connectivity index (χ1n) is 11.3. The number of anilines is 2. The summed E-state index contributed by atoms with van der Waals surface area (Å²) < 4.78 is 7.27. The first kappa shape index (κ1) is 22.1. The molecule has 1 saturated heterocycles. The maximum atomic E-state index is 13.2. The van der Waals surface area contributed by atoms with Gasteiger partial charge in [-0.3, -0.25) is 9.59 Å². The predicted octanol–water partition coefficient (Wildman–Crippen LogP) is 4.26. The molecule has 1 aromatic heterocycles. The molecule has 168 valence electrons. The summed E-state index contributed by atoms with van der Waals surface area (Å²) in [4.78, 5) is 29.8. The second kappa shape index (κ2) is 9.17. The number of nitrogens with zero attached hydrogens (tertiary/aromatic N) is 3. The van der Waals surface area contributed by atoms with E-state index in [1.165, 1.54) is 5.56 Å². The lowest BCUT2D eigenvalue weighted by molar-refractivity contribution is 0.0993. The molecule has 0 atom stereocenters. The summed E-state index contributed by atoms with van der Waals surface area (Å²) in [7, 11) is 1.80. The molecule has 3 aromatic rings. The second-order valence-electron chi connectivity index (χ2n) is 8.55. The van der Waals surface area contributed by atoms with Gasteiger partial charge in [0.25, 0.3) is 11.5 Å². The number of hydrogen-bond acceptors (Lipinski definition) is 4. The van der Waals surface area contributed by atoms with Crippen molar-refractivity contribution >= 4 is 28.2 Å². The van der Waals surface area contributed by atoms with Crippen LogP contribution in [0, 0.1) is 0 Å². The molecule has 1 fully saturated rings. The monoisotopic (exact) mass is 433 g/mol. The Morgan fingerprint density at radius 2 is 1.75 bits per heavy atom. The third-order valence-electron chi connectivity index (χ3n) is 6.26. The molecule has 0 N–H and O–H groups in total. The molecule has 0 saturated carbocycles. The van der Waals surface area contributed by atoms with Crippen molar-refractivity contribution in [2.45, 2.75) is 33.2 Å². The Kier molecular flexibility index (Phi) is 6.33. The van der Waals surface area contributed by atoms with Crippen LogP contribution in [-0.4, -0.2) is 43.8 Å². The largest absolute Gasteiger partial charge is 0.378 e. The quantitative estimate of drug-likeness (QED) is 0.603. The molecule has 0 unspecified atom stereocenters. The van der Waals surface area contributed by atoms with Gasteiger partial charge >= 0.3 is 0 Å². The molecule has 0 bridgehead atoms. The highest BCUT2D eigenvalue weighted by Crippen LogP contribution is 2.30. The van der Waals surface area contributed by atoms with Gasteiger partial charge in [0.2, 0.25) is 0 Å². The first-order valence-corrected chi connectivity index (χ1v) is 11.3. The number of amides is 1. The molecule has 1 aliphatic rings. The fourth-order valence-electron chi connectivity index (χ4n) is 4.28. The molecule has 2 heterocycles. The molecule has 0 spiro atoms. The number of carbonyl (C=O) groups is 1. The molecule has 32 heavy (non-hydrogen) atoms. The van der Waals surface area contributed by atoms with E-state index in [0.717, 1.165) is 35.4 Å². The zero-order valence-electron chi connectivity index (χ0n) is 19.3. The Hall–Kier alpha value is -3.12. The normalized spacial score (nSPS) is 14.2. The van der Waals surface area contributed by atoms with Gasteiger partial charge < -0.3 is 19.1 Å². The van der Waals surface area contributed by atoms with Crippen molar-refractivity contribution in [3.8, 4) is 0 Å². The highest BCUT2D eigenvalue weighted by Gasteiger charge is 2.19. The van der Waals surface area contributed by atoms with Crippen LogP contribution < -0.4 is 15.4 Å². The van der Waals surface area contributed by atoms with E-state index in [9.17, 15) is 9.59 Å². The molecule has 6 heteroatoms. The van der Waals surface area contributed by atoms with Crippen LogP contribution in [0.15, 0.2) is 53.3 Å². The van der Waals surface area contributed by atoms with Gasteiger partial charge in [0.1, 0.15) is 0 Å². The molecule has 6 nitrogen and oxygen atoms in total. The number of fused-ring (bicyclic) bond motifs is 1. The average molecular weight is 434 g/mol. The summed E-state index contributed by atoms with van der Waals surface area (Å²) >= 11 is 0. The number of ether oxygens (including phenoxy) is 1. The third-order valence-corrected chi connectivity index (χ3v) is 6.26. The van der Waals surface area contributed by atoms with Crippen LogP contribution in [0.5, 0.6) is 0 Å². The number of hydrogen-bond donors (Lipinski definition) is 0. The highest BCUT2D eigenvalue weighted by atomic mass is 16.5. The number of aromatic nitrogens is 1. The number of carbonyl (C=O) groups excluding carboxylic acids is 1. The van der Waals surface area contributed by atoms with Gasteiger partial charge in [-0.25, -0.2) is 0 Å². The summed E-state index contributed by atoms with van der Waals surface area (Å²) in [5.41, 5.74) is 4.44. The minimum absolute atomic E-state index is 0.0103. The third kappa shape index (κ3) is 4.15. The number of rotatable bonds is 5. The number of aryl methyl sites for hydroxylation is 1. The lowest BCUT2D eigenvalue weighted by Gasteiger charge is -2.30. The van der Waals surface area contributed by atoms with Gasteiger partial charge in [-0.2, -0.15) is 0 Å². The summed E-state index contributed by atoms with van der Waals surface area (Å²) in [6.07, 6.45) is 0. The molecule has 0 aliphatic carbocycles. The van der Waals surface area contributed by atoms with Crippen molar-refractivity contribution in [3.05, 3.63) is 70.0 Å². The van der Waals surface area contributed by atoms with Crippen LogP contribution in [0.25, 0.3) is 10.9 Å². The van der Waals surface area contributed by atoms with Crippen LogP contribution in [0.4, 0.5) is 11.4 Å². The fraction of sp³-hybridized carbons (Fsp3) is 0.385. The lowest BCUT2D eigenvalue weighted by Crippen LogP contribution is -2.37. The molecule has 1 aliphatic heterocycles. The Balaban J connectivity index is 1.75. The smallest absolute Gasteiger partial charge is 0.258 e. The summed E-state index contributed by atoms with van der Waals surface area (Å²) in [6, 6.07) is 15.4. The minimum Gasteiger partial charge on any atom is -0.378 e. The average Bonchev–Trinajstić information content (AvgIpc) is 2.83. The van der Waals surface area contributed by atoms with Crippen LogP contribution in [0.2, 0.25) is 0 Å². The van der Waals surface area contributed by atoms with Crippen LogP contribution in [-0.2, 0) is 11.3 Å². The van der Waals surface area contributed by atoms with Crippen LogP contribution in [0.3, 0.4) is 0 Å². The topological polar surface area (TPSA) is 54.8 Å². The summed E-state index contributed by atoms with van der Waals surface area (Å²) in [5, 5.41) is 0.973. The van der Waals surface area contributed by atoms with E-state index >= 15 is 0 Å². The van der Waals surface area contributed by atoms with E-state index in [2.05, 4.69) is 18.7 Å². The summed E-state index contributed by atoms with van der Waals surface area (Å²) in [5.74, 6) is 0.364. The van der Waals surface area contributed by atoms with Crippen molar-refractivity contribution < 1.29 is 9.53 Å². The molecule has 4 rings (SSSR count). The van der Waals surface area contributed by atoms with E-state index in [0.29, 0.717) is 31.2 Å². The van der Waals surface area contributed by atoms with Crippen molar-refractivity contribution in [1.82, 2.24) is 4.57 Å². The zero-order chi connectivity index (χ0) is 22.8. The standard InChI is InChI=1S/C26H31N3O3/c1-5-29-23-11-10-21(27(4)26(31)20-8-6-19(7-9-20)18(2)3)16-22(23)24(17-25(29)30)28-12-14-32-15-13-28/h6-11,16-18H,5,12-15H2,1-4H3. The predicted molar refractivity (Wildman–Crippen MR) is 130 cm³/mol. The molecular weight excluding hydrogens is 402 g/mol. The van der Waals surface area contributed by atoms with Crippen molar-refractivity contribution in [1.29, 1.82) is 0 Å². The molecule has 1 amide bonds. The number of pyridine rings is 1. The van der Waals surface area contributed by atoms with Gasteiger partial charge in [-0.1, -0.05) is 26.0 Å². The zero-order valence-corrected chi connectivity index (χ0v) is 19.3. The van der Waals surface area contributed by atoms with Crippen molar-refractivity contribution in [2.24, 2.45) is 0 Å². The van der Waals surface area contributed by atoms with E-state index in [4.69, 9.17) is 4.74 Å². The minimum atomic E-state index is -0.0589. The van der Waals surface area contributed by atoms with Gasteiger partial charge in [0.15, 0.2) is 0 Å². The van der Waals surface area contributed by atoms with Gasteiger partial charge in [-0.15, -0.1) is 0 Å². The maximum absolute atomic E-state index is 13.2. The number of benzene rings is 2. The van der Waals surface area contributed by atoms with Gasteiger partial charge in [-0.05, 0) is 48.7 Å². The van der Waals surface area contributed by atoms with E-state index in [1.54, 1.807) is 22.6 Å². The highest BCUT2D eigenvalue weighted by molar-refractivity contribution is 6.07. The second-order valence-corrected chi connectivity index (χ2v) is 8.55. The van der Waals surface area contributed by atoms with Crippen LogP contribution in [0.1, 0.15) is 42.6 Å². The van der Waals surface area contributed by atoms with Crippen LogP contribution >= 0.6 is 0 Å². The van der Waals surface area contributed by atoms with Crippen molar-refractivity contribution in [2.75, 3.05) is 43.2 Å². The molecule has 2 aromatic carbocycles. The van der Waals surface area contributed by atoms with E-state index < -0.39 is 0 Å². The molecular formula is C26H31N3O3. The number of morpholine rings is 1. The Morgan fingerprint density at radius 3 is 2.38 bits per heavy atom.